The van der Waals surface area contributed by atoms with Gasteiger partial charge in [0.05, 0.1) is 23.8 Å². The Kier molecular flexibility index (Phi) is 7.17. The number of carboxylic acids is 1. The van der Waals surface area contributed by atoms with Gasteiger partial charge in [-0.15, -0.1) is 11.3 Å². The minimum atomic E-state index is -1.10. The summed E-state index contributed by atoms with van der Waals surface area (Å²) in [6, 6.07) is 1.68. The van der Waals surface area contributed by atoms with E-state index < -0.39 is 5.97 Å². The molecule has 0 unspecified atom stereocenters. The Balaban J connectivity index is 1.63. The Morgan fingerprint density at radius 1 is 1.16 bits per heavy atom. The van der Waals surface area contributed by atoms with Gasteiger partial charge in [-0.2, -0.15) is 0 Å². The summed E-state index contributed by atoms with van der Waals surface area (Å²) < 4.78 is 5.33. The van der Waals surface area contributed by atoms with E-state index in [1.54, 1.807) is 11.0 Å². The van der Waals surface area contributed by atoms with Crippen molar-refractivity contribution in [1.29, 1.82) is 0 Å². The van der Waals surface area contributed by atoms with Crippen molar-refractivity contribution >= 4 is 34.8 Å². The van der Waals surface area contributed by atoms with Crippen molar-refractivity contribution in [3.63, 3.8) is 0 Å². The van der Waals surface area contributed by atoms with Crippen LogP contribution in [0.2, 0.25) is 0 Å². The highest BCUT2D eigenvalue weighted by Gasteiger charge is 2.34. The van der Waals surface area contributed by atoms with Crippen LogP contribution in [0.15, 0.2) is 6.07 Å². The number of rotatable bonds is 5. The van der Waals surface area contributed by atoms with Crippen LogP contribution in [0.1, 0.15) is 60.0 Å². The van der Waals surface area contributed by atoms with Crippen LogP contribution in [0.4, 0.5) is 5.69 Å². The fraction of sp³-hybridized carbons (Fsp3) is 0.625. The third kappa shape index (κ3) is 5.51. The van der Waals surface area contributed by atoms with Crippen molar-refractivity contribution in [3.05, 3.63) is 15.8 Å². The first-order valence-corrected chi connectivity index (χ1v) is 12.3. The molecule has 1 aliphatic heterocycles. The molecule has 2 aliphatic carbocycles. The Labute approximate surface area is 192 Å². The van der Waals surface area contributed by atoms with Gasteiger partial charge in [0, 0.05) is 24.9 Å². The van der Waals surface area contributed by atoms with Gasteiger partial charge in [-0.3, -0.25) is 9.59 Å². The molecule has 7 nitrogen and oxygen atoms in total. The van der Waals surface area contributed by atoms with Crippen LogP contribution in [0.3, 0.4) is 0 Å². The van der Waals surface area contributed by atoms with Crippen LogP contribution in [0, 0.1) is 29.6 Å². The van der Waals surface area contributed by atoms with Gasteiger partial charge in [-0.05, 0) is 50.5 Å². The highest BCUT2D eigenvalue weighted by Crippen LogP contribution is 2.35. The lowest BCUT2D eigenvalue weighted by molar-refractivity contribution is -0.135. The molecule has 0 spiro atoms. The highest BCUT2D eigenvalue weighted by molar-refractivity contribution is 7.15. The van der Waals surface area contributed by atoms with Gasteiger partial charge in [0.1, 0.15) is 11.4 Å². The van der Waals surface area contributed by atoms with E-state index in [2.05, 4.69) is 18.8 Å². The molecular weight excluding hydrogens is 428 g/mol. The summed E-state index contributed by atoms with van der Waals surface area (Å²) in [6.45, 7) is 3.94. The Morgan fingerprint density at radius 3 is 2.47 bits per heavy atom. The van der Waals surface area contributed by atoms with Crippen LogP contribution in [0.25, 0.3) is 0 Å². The lowest BCUT2D eigenvalue weighted by Gasteiger charge is -2.33. The van der Waals surface area contributed by atoms with Crippen molar-refractivity contribution in [3.8, 4) is 11.8 Å². The molecule has 0 atom stereocenters. The number of amides is 2. The number of nitrogens with zero attached hydrogens (tertiary/aromatic N) is 2. The number of hydrogen-bond acceptors (Lipinski definition) is 5. The van der Waals surface area contributed by atoms with Crippen LogP contribution in [0.5, 0.6) is 0 Å². The number of thiophene rings is 1. The third-order valence-corrected chi connectivity index (χ3v) is 7.49. The van der Waals surface area contributed by atoms with Crippen molar-refractivity contribution < 1.29 is 24.2 Å². The smallest absolute Gasteiger partial charge is 0.348 e. The monoisotopic (exact) mass is 458 g/mol. The van der Waals surface area contributed by atoms with E-state index in [1.165, 1.54) is 4.90 Å². The van der Waals surface area contributed by atoms with Gasteiger partial charge < -0.3 is 19.6 Å². The Hall–Kier alpha value is -2.37. The van der Waals surface area contributed by atoms with E-state index >= 15 is 0 Å². The number of carbonyl (C=O) groups is 3. The van der Waals surface area contributed by atoms with Crippen molar-refractivity contribution in [2.45, 2.75) is 45.4 Å². The zero-order chi connectivity index (χ0) is 22.7. The molecule has 8 heteroatoms. The van der Waals surface area contributed by atoms with E-state index in [9.17, 15) is 19.5 Å². The van der Waals surface area contributed by atoms with Crippen molar-refractivity contribution in [1.82, 2.24) is 4.90 Å². The first kappa shape index (κ1) is 22.8. The molecule has 172 valence electrons. The summed E-state index contributed by atoms with van der Waals surface area (Å²) in [5.41, 5.74) is 0.299. The molecule has 2 heterocycles. The molecule has 3 fully saturated rings. The normalized spacial score (nSPS) is 23.2. The molecule has 2 saturated carbocycles. The second-order valence-electron chi connectivity index (χ2n) is 9.05. The fourth-order valence-corrected chi connectivity index (χ4v) is 5.12. The lowest BCUT2D eigenvalue weighted by Crippen LogP contribution is -2.48. The minimum absolute atomic E-state index is 0.0670. The average Bonchev–Trinajstić information content (AvgIpc) is 3.53. The summed E-state index contributed by atoms with van der Waals surface area (Å²) in [5.74, 6) is 5.58. The van der Waals surface area contributed by atoms with Gasteiger partial charge >= 0.3 is 5.97 Å². The molecule has 32 heavy (non-hydrogen) atoms. The molecule has 0 bridgehead atoms. The van der Waals surface area contributed by atoms with E-state index in [-0.39, 0.29) is 29.2 Å². The van der Waals surface area contributed by atoms with Gasteiger partial charge in [0.15, 0.2) is 0 Å². The SMILES string of the molecule is C[C@H]1CC[C@H](C(=O)N(CC(=O)N2CCOCC2)c2cc(C#CC3CC3)sc2C(=O)O)CC1. The molecular formula is C24H30N2O5S. The molecule has 4 rings (SSSR count). The Morgan fingerprint density at radius 2 is 1.84 bits per heavy atom. The largest absolute Gasteiger partial charge is 0.477 e. The number of anilines is 1. The van der Waals surface area contributed by atoms with E-state index in [0.29, 0.717) is 48.7 Å². The molecule has 1 aromatic heterocycles. The maximum atomic E-state index is 13.6. The summed E-state index contributed by atoms with van der Waals surface area (Å²) in [6.07, 6.45) is 5.63. The van der Waals surface area contributed by atoms with Crippen LogP contribution in [-0.2, 0) is 14.3 Å². The maximum Gasteiger partial charge on any atom is 0.348 e. The molecule has 1 aromatic rings. The standard InChI is InChI=1S/C24H30N2O5S/c1-16-2-7-18(8-3-16)23(28)26(15-21(27)25-10-12-31-13-11-25)20-14-19(9-6-17-4-5-17)32-22(20)24(29)30/h14,16-18H,2-5,7-8,10-13,15H2,1H3,(H,29,30)/t16-,18-. The average molecular weight is 459 g/mol. The zero-order valence-electron chi connectivity index (χ0n) is 18.5. The number of carboxylic acid groups (broad SMARTS) is 1. The topological polar surface area (TPSA) is 87.2 Å². The number of morpholine rings is 1. The highest BCUT2D eigenvalue weighted by atomic mass is 32.1. The van der Waals surface area contributed by atoms with Crippen molar-refractivity contribution in [2.24, 2.45) is 17.8 Å². The van der Waals surface area contributed by atoms with Crippen LogP contribution < -0.4 is 4.90 Å². The summed E-state index contributed by atoms with van der Waals surface area (Å²) >= 11 is 1.08. The van der Waals surface area contributed by atoms with Gasteiger partial charge in [-0.1, -0.05) is 18.8 Å². The van der Waals surface area contributed by atoms with E-state index in [0.717, 1.165) is 49.9 Å². The molecule has 2 amide bonds. The number of ether oxygens (including phenoxy) is 1. The molecule has 0 aromatic carbocycles. The van der Waals surface area contributed by atoms with E-state index in [1.807, 2.05) is 0 Å². The predicted octanol–water partition coefficient (Wildman–Crippen LogP) is 3.23. The quantitative estimate of drug-likeness (QED) is 0.685. The van der Waals surface area contributed by atoms with Crippen LogP contribution in [-0.4, -0.2) is 60.6 Å². The third-order valence-electron chi connectivity index (χ3n) is 6.46. The first-order valence-electron chi connectivity index (χ1n) is 11.5. The molecule has 3 aliphatic rings. The van der Waals surface area contributed by atoms with Crippen molar-refractivity contribution in [2.75, 3.05) is 37.7 Å². The van der Waals surface area contributed by atoms with Gasteiger partial charge in [0.2, 0.25) is 11.8 Å². The maximum absolute atomic E-state index is 13.6. The Bertz CT molecular complexity index is 928. The summed E-state index contributed by atoms with van der Waals surface area (Å²) in [7, 11) is 0. The zero-order valence-corrected chi connectivity index (χ0v) is 19.3. The summed E-state index contributed by atoms with van der Waals surface area (Å²) in [5, 5.41) is 9.84. The minimum Gasteiger partial charge on any atom is -0.477 e. The number of carbonyl (C=O) groups excluding carboxylic acids is 2. The summed E-state index contributed by atoms with van der Waals surface area (Å²) in [4.78, 5) is 42.5. The number of hydrogen-bond donors (Lipinski definition) is 1. The van der Waals surface area contributed by atoms with Gasteiger partial charge in [-0.25, -0.2) is 4.79 Å². The molecule has 0 radical (unpaired) electrons. The molecule has 1 N–H and O–H groups in total. The lowest BCUT2D eigenvalue weighted by atomic mass is 9.82. The van der Waals surface area contributed by atoms with E-state index in [4.69, 9.17) is 4.74 Å². The first-order chi connectivity index (χ1) is 15.4. The fourth-order valence-electron chi connectivity index (χ4n) is 4.25. The van der Waals surface area contributed by atoms with Crippen LogP contribution >= 0.6 is 11.3 Å². The second kappa shape index (κ2) is 10.1. The van der Waals surface area contributed by atoms with Gasteiger partial charge in [0.25, 0.3) is 0 Å². The second-order valence-corrected chi connectivity index (χ2v) is 10.1. The number of aromatic carboxylic acids is 1. The predicted molar refractivity (Wildman–Crippen MR) is 122 cm³/mol. The molecule has 1 saturated heterocycles.